The first-order chi connectivity index (χ1) is 14.6. The van der Waals surface area contributed by atoms with Crippen molar-refractivity contribution < 1.29 is 14.3 Å². The van der Waals surface area contributed by atoms with Gasteiger partial charge in [0.25, 0.3) is 0 Å². The first-order valence-corrected chi connectivity index (χ1v) is 10.6. The molecule has 0 bridgehead atoms. The molecular weight excluding hydrogens is 384 g/mol. The molecule has 0 heterocycles. The summed E-state index contributed by atoms with van der Waals surface area (Å²) in [6.07, 6.45) is 12.7. The fourth-order valence-electron chi connectivity index (χ4n) is 1.96. The van der Waals surface area contributed by atoms with Crippen LogP contribution in [0.5, 0.6) is 0 Å². The largest absolute Gasteiger partial charge is 0.497 e. The Morgan fingerprint density at radius 3 is 1.94 bits per heavy atom. The Balaban J connectivity index is -0.00000116. The van der Waals surface area contributed by atoms with Gasteiger partial charge >= 0.3 is 0 Å². The number of methoxy groups -OCH3 is 2. The SMILES string of the molecule is C=C(/C=C\C(=C)C(=C)/C(=C\C(=C)C(C)/C=C\C(C)C)CCOC)OC.C=CC=O.CC. The van der Waals surface area contributed by atoms with Crippen LogP contribution < -0.4 is 0 Å². The average Bonchev–Trinajstić information content (AvgIpc) is 2.78. The van der Waals surface area contributed by atoms with Gasteiger partial charge in [0, 0.05) is 7.11 Å². The lowest BCUT2D eigenvalue weighted by Crippen LogP contribution is -2.00. The van der Waals surface area contributed by atoms with Crippen molar-refractivity contribution in [2.45, 2.75) is 41.0 Å². The van der Waals surface area contributed by atoms with Crippen molar-refractivity contribution in [1.82, 2.24) is 0 Å². The summed E-state index contributed by atoms with van der Waals surface area (Å²) in [7, 11) is 3.28. The van der Waals surface area contributed by atoms with Crippen LogP contribution in [0.25, 0.3) is 0 Å². The Hall–Kier alpha value is -2.65. The maximum atomic E-state index is 9.06. The summed E-state index contributed by atoms with van der Waals surface area (Å²) in [5, 5.41) is 0. The van der Waals surface area contributed by atoms with Gasteiger partial charge in [-0.25, -0.2) is 0 Å². The standard InChI is InChI=1S/C23H34O2.C3H4O.C2H6/c1-17(2)10-11-18(3)20(5)16-23(14-15-24-8)22(7)19(4)12-13-21(6)25-9;1-2-3-4;1-2/h10-13,16-18H,4-7,14-15H2,1-3,8-9H3;2-3H,1H2;1-2H3/b11-10-,13-12-,23-16-;;. The van der Waals surface area contributed by atoms with Crippen LogP contribution in [0.2, 0.25) is 0 Å². The molecule has 0 N–H and O–H groups in total. The molecule has 1 unspecified atom stereocenters. The van der Waals surface area contributed by atoms with Crippen molar-refractivity contribution in [1.29, 1.82) is 0 Å². The van der Waals surface area contributed by atoms with Crippen LogP contribution >= 0.6 is 0 Å². The maximum absolute atomic E-state index is 9.06. The molecular formula is C28H44O3. The molecule has 0 fully saturated rings. The van der Waals surface area contributed by atoms with Crippen molar-refractivity contribution in [2.24, 2.45) is 11.8 Å². The molecule has 0 saturated carbocycles. The Morgan fingerprint density at radius 2 is 1.52 bits per heavy atom. The lowest BCUT2D eigenvalue weighted by molar-refractivity contribution is -0.104. The molecule has 0 aromatic rings. The molecule has 0 aliphatic rings. The first kappa shape index (κ1) is 33.0. The minimum absolute atomic E-state index is 0.268. The van der Waals surface area contributed by atoms with Gasteiger partial charge in [0.1, 0.15) is 12.0 Å². The fourth-order valence-corrected chi connectivity index (χ4v) is 1.96. The van der Waals surface area contributed by atoms with Crippen LogP contribution in [0.15, 0.2) is 97.4 Å². The minimum atomic E-state index is 0.268. The van der Waals surface area contributed by atoms with Crippen molar-refractivity contribution in [3.8, 4) is 0 Å². The highest BCUT2D eigenvalue weighted by atomic mass is 16.5. The highest BCUT2D eigenvalue weighted by Gasteiger charge is 2.08. The molecule has 0 saturated heterocycles. The molecule has 0 rings (SSSR count). The molecule has 0 spiro atoms. The van der Waals surface area contributed by atoms with E-state index in [4.69, 9.17) is 14.3 Å². The second kappa shape index (κ2) is 22.0. The maximum Gasteiger partial charge on any atom is 0.142 e. The summed E-state index contributed by atoms with van der Waals surface area (Å²) in [6.45, 7) is 30.5. The Labute approximate surface area is 191 Å². The van der Waals surface area contributed by atoms with E-state index in [9.17, 15) is 0 Å². The zero-order valence-corrected chi connectivity index (χ0v) is 20.9. The predicted octanol–water partition coefficient (Wildman–Crippen LogP) is 7.58. The van der Waals surface area contributed by atoms with E-state index in [1.807, 2.05) is 19.9 Å². The van der Waals surface area contributed by atoms with Gasteiger partial charge < -0.3 is 9.47 Å². The van der Waals surface area contributed by atoms with Crippen LogP contribution in [0.1, 0.15) is 41.0 Å². The summed E-state index contributed by atoms with van der Waals surface area (Å²) >= 11 is 0. The molecule has 0 aromatic heterocycles. The zero-order valence-electron chi connectivity index (χ0n) is 20.9. The molecule has 0 aliphatic carbocycles. The van der Waals surface area contributed by atoms with E-state index in [2.05, 4.69) is 71.9 Å². The normalized spacial score (nSPS) is 11.7. The summed E-state index contributed by atoms with van der Waals surface area (Å²) < 4.78 is 10.3. The van der Waals surface area contributed by atoms with E-state index in [-0.39, 0.29) is 5.92 Å². The van der Waals surface area contributed by atoms with E-state index < -0.39 is 0 Å². The quantitative estimate of drug-likeness (QED) is 0.0997. The third-order valence-corrected chi connectivity index (χ3v) is 3.91. The number of rotatable bonds is 13. The van der Waals surface area contributed by atoms with Gasteiger partial charge in [0.05, 0.1) is 13.7 Å². The van der Waals surface area contributed by atoms with E-state index in [0.29, 0.717) is 24.6 Å². The van der Waals surface area contributed by atoms with Crippen molar-refractivity contribution in [2.75, 3.05) is 20.8 Å². The van der Waals surface area contributed by atoms with Gasteiger partial charge in [0.15, 0.2) is 0 Å². The van der Waals surface area contributed by atoms with Crippen LogP contribution in [0, 0.1) is 11.8 Å². The van der Waals surface area contributed by atoms with Crippen LogP contribution in [0.4, 0.5) is 0 Å². The van der Waals surface area contributed by atoms with E-state index in [1.165, 1.54) is 6.08 Å². The van der Waals surface area contributed by atoms with Crippen LogP contribution in [0.3, 0.4) is 0 Å². The number of ether oxygens (including phenoxy) is 2. The van der Waals surface area contributed by atoms with E-state index in [0.717, 1.165) is 28.7 Å². The summed E-state index contributed by atoms with van der Waals surface area (Å²) in [6, 6.07) is 0. The molecule has 0 radical (unpaired) electrons. The number of carbonyl (C=O) groups excluding carboxylic acids is 1. The van der Waals surface area contributed by atoms with Crippen molar-refractivity contribution in [3.05, 3.63) is 97.4 Å². The molecule has 0 amide bonds. The minimum Gasteiger partial charge on any atom is -0.497 e. The third-order valence-electron chi connectivity index (χ3n) is 3.91. The second-order valence-corrected chi connectivity index (χ2v) is 6.78. The second-order valence-electron chi connectivity index (χ2n) is 6.78. The molecule has 3 heteroatoms. The topological polar surface area (TPSA) is 35.5 Å². The third kappa shape index (κ3) is 19.1. The lowest BCUT2D eigenvalue weighted by Gasteiger charge is -2.14. The van der Waals surface area contributed by atoms with E-state index in [1.54, 1.807) is 20.3 Å². The smallest absolute Gasteiger partial charge is 0.142 e. The number of hydrogen-bond donors (Lipinski definition) is 0. The van der Waals surface area contributed by atoms with Gasteiger partial charge in [-0.05, 0) is 52.7 Å². The Morgan fingerprint density at radius 1 is 0.968 bits per heavy atom. The van der Waals surface area contributed by atoms with Gasteiger partial charge in [-0.15, -0.1) is 0 Å². The predicted molar refractivity (Wildman–Crippen MR) is 138 cm³/mol. The van der Waals surface area contributed by atoms with Crippen molar-refractivity contribution in [3.63, 3.8) is 0 Å². The van der Waals surface area contributed by atoms with Crippen LogP contribution in [-0.2, 0) is 14.3 Å². The number of allylic oxidation sites excluding steroid dienone is 9. The number of aldehydes is 1. The zero-order chi connectivity index (χ0) is 24.8. The summed E-state index contributed by atoms with van der Waals surface area (Å²) in [5.74, 6) is 1.37. The van der Waals surface area contributed by atoms with Crippen molar-refractivity contribution >= 4 is 6.29 Å². The molecule has 31 heavy (non-hydrogen) atoms. The van der Waals surface area contributed by atoms with Gasteiger partial charge in [-0.2, -0.15) is 0 Å². The van der Waals surface area contributed by atoms with Crippen LogP contribution in [-0.4, -0.2) is 27.1 Å². The van der Waals surface area contributed by atoms with Gasteiger partial charge in [-0.1, -0.05) is 91.8 Å². The van der Waals surface area contributed by atoms with E-state index >= 15 is 0 Å². The molecule has 3 nitrogen and oxygen atoms in total. The molecule has 174 valence electrons. The summed E-state index contributed by atoms with van der Waals surface area (Å²) in [5.41, 5.74) is 3.81. The monoisotopic (exact) mass is 428 g/mol. The number of carbonyl (C=O) groups is 1. The Bertz CT molecular complexity index is 652. The molecule has 0 aliphatic heterocycles. The summed E-state index contributed by atoms with van der Waals surface area (Å²) in [4.78, 5) is 9.06. The first-order valence-electron chi connectivity index (χ1n) is 10.6. The van der Waals surface area contributed by atoms with Gasteiger partial charge in [0.2, 0.25) is 0 Å². The Kier molecular flexibility index (Phi) is 23.5. The highest BCUT2D eigenvalue weighted by molar-refractivity contribution is 5.63. The molecule has 1 atom stereocenters. The average molecular weight is 429 g/mol. The number of hydrogen-bond acceptors (Lipinski definition) is 3. The fraction of sp³-hybridized carbons (Fsp3) is 0.393. The highest BCUT2D eigenvalue weighted by Crippen LogP contribution is 2.25. The lowest BCUT2D eigenvalue weighted by atomic mass is 9.92. The van der Waals surface area contributed by atoms with Gasteiger partial charge in [-0.3, -0.25) is 4.79 Å². The molecule has 0 aromatic carbocycles.